The molecule has 1 rings (SSSR count). The number of carbonyl (C=O) groups excluding carboxylic acids is 1. The van der Waals surface area contributed by atoms with Crippen molar-refractivity contribution in [3.8, 4) is 0 Å². The summed E-state index contributed by atoms with van der Waals surface area (Å²) in [4.78, 5) is 12.1. The number of para-hydroxylation sites is 1. The van der Waals surface area contributed by atoms with Crippen molar-refractivity contribution < 1.29 is 13.2 Å². The zero-order valence-corrected chi connectivity index (χ0v) is 13.5. The van der Waals surface area contributed by atoms with E-state index >= 15 is 0 Å². The van der Waals surface area contributed by atoms with Gasteiger partial charge in [-0.1, -0.05) is 31.2 Å². The minimum absolute atomic E-state index is 0.112. The molecule has 0 aliphatic carbocycles. The molecule has 0 heterocycles. The van der Waals surface area contributed by atoms with Crippen LogP contribution in [0, 0.1) is 6.92 Å². The van der Waals surface area contributed by atoms with Gasteiger partial charge in [0, 0.05) is 12.2 Å². The fraction of sp³-hybridized carbons (Fsp3) is 0.400. The molecule has 0 bridgehead atoms. The molecule has 1 amide bonds. The van der Waals surface area contributed by atoms with Crippen molar-refractivity contribution in [3.63, 3.8) is 0 Å². The fourth-order valence-corrected chi connectivity index (χ4v) is 2.73. The van der Waals surface area contributed by atoms with E-state index in [1.165, 1.54) is 6.08 Å². The zero-order valence-electron chi connectivity index (χ0n) is 12.7. The predicted octanol–water partition coefficient (Wildman–Crippen LogP) is 1.94. The van der Waals surface area contributed by atoms with Gasteiger partial charge in [0.2, 0.25) is 15.9 Å². The lowest BCUT2D eigenvalue weighted by Crippen LogP contribution is -2.37. The summed E-state index contributed by atoms with van der Waals surface area (Å²) < 4.78 is 24.3. The molecule has 0 unspecified atom stereocenters. The lowest BCUT2D eigenvalue weighted by Gasteiger charge is -2.19. The van der Waals surface area contributed by atoms with E-state index < -0.39 is 10.0 Å². The van der Waals surface area contributed by atoms with Gasteiger partial charge in [-0.3, -0.25) is 4.79 Å². The van der Waals surface area contributed by atoms with Crippen molar-refractivity contribution in [2.45, 2.75) is 20.3 Å². The predicted molar refractivity (Wildman–Crippen MR) is 85.8 cm³/mol. The van der Waals surface area contributed by atoms with Crippen molar-refractivity contribution in [2.24, 2.45) is 0 Å². The number of rotatable bonds is 7. The molecule has 1 aromatic carbocycles. The molecule has 21 heavy (non-hydrogen) atoms. The van der Waals surface area contributed by atoms with Crippen molar-refractivity contribution in [2.75, 3.05) is 24.7 Å². The molecule has 0 saturated carbocycles. The second kappa shape index (κ2) is 7.38. The molecule has 1 N–H and O–H groups in total. The van der Waals surface area contributed by atoms with Crippen LogP contribution in [0.15, 0.2) is 30.9 Å². The Bertz CT molecular complexity index is 624. The monoisotopic (exact) mass is 310 g/mol. The van der Waals surface area contributed by atoms with Gasteiger partial charge in [0.05, 0.1) is 12.8 Å². The molecule has 116 valence electrons. The fourth-order valence-electron chi connectivity index (χ4n) is 2.00. The van der Waals surface area contributed by atoms with E-state index in [0.717, 1.165) is 33.8 Å². The molecule has 0 radical (unpaired) electrons. The standard InChI is InChI=1S/C15H22N2O3S/c1-5-10-17(21(4,19)20)11-14(18)16-15-12(3)8-7-9-13(15)6-2/h5,7-9H,1,6,10-11H2,2-4H3,(H,16,18). The zero-order chi connectivity index (χ0) is 16.0. The molecule has 1 aromatic rings. The van der Waals surface area contributed by atoms with Crippen LogP contribution in [-0.2, 0) is 21.2 Å². The molecule has 0 aliphatic heterocycles. The Hall–Kier alpha value is -1.66. The lowest BCUT2D eigenvalue weighted by molar-refractivity contribution is -0.116. The highest BCUT2D eigenvalue weighted by molar-refractivity contribution is 7.88. The highest BCUT2D eigenvalue weighted by atomic mass is 32.2. The van der Waals surface area contributed by atoms with Crippen LogP contribution in [0.1, 0.15) is 18.1 Å². The quantitative estimate of drug-likeness (QED) is 0.783. The normalized spacial score (nSPS) is 11.4. The highest BCUT2D eigenvalue weighted by Crippen LogP contribution is 2.21. The Morgan fingerprint density at radius 1 is 1.43 bits per heavy atom. The number of benzene rings is 1. The Labute approximate surface area is 126 Å². The van der Waals surface area contributed by atoms with Gasteiger partial charge in [0.15, 0.2) is 0 Å². The second-order valence-corrected chi connectivity index (χ2v) is 6.84. The van der Waals surface area contributed by atoms with E-state index in [1.807, 2.05) is 32.0 Å². The van der Waals surface area contributed by atoms with E-state index in [-0.39, 0.29) is 19.0 Å². The summed E-state index contributed by atoms with van der Waals surface area (Å²) in [5, 5.41) is 2.81. The minimum Gasteiger partial charge on any atom is -0.324 e. The largest absolute Gasteiger partial charge is 0.324 e. The summed E-state index contributed by atoms with van der Waals surface area (Å²) in [5.74, 6) is -0.355. The number of nitrogens with one attached hydrogen (secondary N) is 1. The van der Waals surface area contributed by atoms with Crippen molar-refractivity contribution in [1.29, 1.82) is 0 Å². The maximum absolute atomic E-state index is 12.1. The van der Waals surface area contributed by atoms with Crippen molar-refractivity contribution >= 4 is 21.6 Å². The Morgan fingerprint density at radius 3 is 2.62 bits per heavy atom. The summed E-state index contributed by atoms with van der Waals surface area (Å²) in [5.41, 5.74) is 2.74. The molecule has 0 aliphatic rings. The molecular weight excluding hydrogens is 288 g/mol. The Morgan fingerprint density at radius 2 is 2.10 bits per heavy atom. The van der Waals surface area contributed by atoms with E-state index in [9.17, 15) is 13.2 Å². The third-order valence-corrected chi connectivity index (χ3v) is 4.34. The average Bonchev–Trinajstić information content (AvgIpc) is 2.39. The van der Waals surface area contributed by atoms with Crippen LogP contribution in [-0.4, -0.2) is 38.0 Å². The van der Waals surface area contributed by atoms with E-state index in [4.69, 9.17) is 0 Å². The smallest absolute Gasteiger partial charge is 0.239 e. The number of hydrogen-bond acceptors (Lipinski definition) is 3. The summed E-state index contributed by atoms with van der Waals surface area (Å²) in [6.07, 6.45) is 3.33. The Kier molecular flexibility index (Phi) is 6.11. The number of anilines is 1. The number of nitrogens with zero attached hydrogens (tertiary/aromatic N) is 1. The minimum atomic E-state index is -3.44. The first-order valence-electron chi connectivity index (χ1n) is 6.74. The van der Waals surface area contributed by atoms with E-state index in [1.54, 1.807) is 0 Å². The van der Waals surface area contributed by atoms with Gasteiger partial charge in [-0.2, -0.15) is 4.31 Å². The highest BCUT2D eigenvalue weighted by Gasteiger charge is 2.19. The maximum atomic E-state index is 12.1. The first-order chi connectivity index (χ1) is 9.79. The van der Waals surface area contributed by atoms with Gasteiger partial charge in [0.25, 0.3) is 0 Å². The summed E-state index contributed by atoms with van der Waals surface area (Å²) in [7, 11) is -3.44. The molecule has 0 aromatic heterocycles. The topological polar surface area (TPSA) is 66.5 Å². The number of sulfonamides is 1. The second-order valence-electron chi connectivity index (χ2n) is 4.85. The van der Waals surface area contributed by atoms with Gasteiger partial charge in [-0.25, -0.2) is 8.42 Å². The number of carbonyl (C=O) groups is 1. The van der Waals surface area contributed by atoms with Crippen LogP contribution in [0.3, 0.4) is 0 Å². The molecule has 0 saturated heterocycles. The molecular formula is C15H22N2O3S. The van der Waals surface area contributed by atoms with Crippen LogP contribution in [0.5, 0.6) is 0 Å². The van der Waals surface area contributed by atoms with Crippen LogP contribution in [0.4, 0.5) is 5.69 Å². The molecule has 6 heteroatoms. The first-order valence-corrected chi connectivity index (χ1v) is 8.58. The lowest BCUT2D eigenvalue weighted by atomic mass is 10.1. The third-order valence-electron chi connectivity index (χ3n) is 3.13. The van der Waals surface area contributed by atoms with E-state index in [0.29, 0.717) is 0 Å². The number of aryl methyl sites for hydroxylation is 2. The van der Waals surface area contributed by atoms with Gasteiger partial charge >= 0.3 is 0 Å². The number of amides is 1. The van der Waals surface area contributed by atoms with Crippen molar-refractivity contribution in [1.82, 2.24) is 4.31 Å². The van der Waals surface area contributed by atoms with E-state index in [2.05, 4.69) is 11.9 Å². The van der Waals surface area contributed by atoms with Crippen LogP contribution in [0.2, 0.25) is 0 Å². The van der Waals surface area contributed by atoms with Crippen LogP contribution < -0.4 is 5.32 Å². The van der Waals surface area contributed by atoms with Crippen LogP contribution in [0.25, 0.3) is 0 Å². The summed E-state index contributed by atoms with van der Waals surface area (Å²) in [6, 6.07) is 5.79. The van der Waals surface area contributed by atoms with Gasteiger partial charge in [-0.05, 0) is 24.5 Å². The maximum Gasteiger partial charge on any atom is 0.239 e. The summed E-state index contributed by atoms with van der Waals surface area (Å²) >= 11 is 0. The number of hydrogen-bond donors (Lipinski definition) is 1. The van der Waals surface area contributed by atoms with Gasteiger partial charge in [-0.15, -0.1) is 6.58 Å². The molecule has 0 fully saturated rings. The molecule has 0 spiro atoms. The third kappa shape index (κ3) is 4.99. The van der Waals surface area contributed by atoms with Gasteiger partial charge in [0.1, 0.15) is 0 Å². The van der Waals surface area contributed by atoms with Crippen LogP contribution >= 0.6 is 0 Å². The molecule has 5 nitrogen and oxygen atoms in total. The van der Waals surface area contributed by atoms with Crippen molar-refractivity contribution in [3.05, 3.63) is 42.0 Å². The SMILES string of the molecule is C=CCN(CC(=O)Nc1c(C)cccc1CC)S(C)(=O)=O. The molecule has 0 atom stereocenters. The van der Waals surface area contributed by atoms with Gasteiger partial charge < -0.3 is 5.32 Å². The average molecular weight is 310 g/mol. The first kappa shape index (κ1) is 17.4. The summed E-state index contributed by atoms with van der Waals surface area (Å²) in [6.45, 7) is 7.32. The Balaban J connectivity index is 2.89.